The summed E-state index contributed by atoms with van der Waals surface area (Å²) in [6, 6.07) is 3.60. The topological polar surface area (TPSA) is 65.3 Å². The van der Waals surface area contributed by atoms with Crippen LogP contribution in [0.1, 0.15) is 30.2 Å². The number of rotatable bonds is 3. The molecule has 4 aromatic rings. The van der Waals surface area contributed by atoms with Gasteiger partial charge in [0.05, 0.1) is 11.6 Å². The highest BCUT2D eigenvalue weighted by Gasteiger charge is 2.24. The van der Waals surface area contributed by atoms with E-state index < -0.39 is 0 Å². The fraction of sp³-hybridized carbons (Fsp3) is 0.316. The summed E-state index contributed by atoms with van der Waals surface area (Å²) in [6.45, 7) is 6.41. The van der Waals surface area contributed by atoms with Gasteiger partial charge in [0.1, 0.15) is 4.83 Å². The second kappa shape index (κ2) is 5.67. The van der Waals surface area contributed by atoms with Crippen LogP contribution in [0.15, 0.2) is 39.8 Å². The maximum Gasteiger partial charge on any atom is 0.352 e. The van der Waals surface area contributed by atoms with Crippen LogP contribution in [0.4, 0.5) is 0 Å². The lowest BCUT2D eigenvalue weighted by Crippen LogP contribution is -2.27. The van der Waals surface area contributed by atoms with Crippen molar-refractivity contribution in [2.75, 3.05) is 0 Å². The summed E-state index contributed by atoms with van der Waals surface area (Å²) in [4.78, 5) is 20.2. The fourth-order valence-electron chi connectivity index (χ4n) is 3.70. The Balaban J connectivity index is 1.91. The van der Waals surface area contributed by atoms with Gasteiger partial charge in [-0.05, 0) is 50.3 Å². The van der Waals surface area contributed by atoms with E-state index in [-0.39, 0.29) is 5.69 Å². The molecular formula is C19H18N4O2S. The molecule has 0 saturated heterocycles. The number of hydrogen-bond acceptors (Lipinski definition) is 5. The Hall–Kier alpha value is -2.67. The normalized spacial score (nSPS) is 14.2. The minimum absolute atomic E-state index is 0.181. The van der Waals surface area contributed by atoms with Gasteiger partial charge in [0.25, 0.3) is 0 Å². The number of furan rings is 1. The van der Waals surface area contributed by atoms with Crippen molar-refractivity contribution in [2.24, 2.45) is 0 Å². The van der Waals surface area contributed by atoms with Crippen molar-refractivity contribution in [1.82, 2.24) is 19.2 Å². The Kier molecular flexibility index (Phi) is 3.40. The lowest BCUT2D eigenvalue weighted by atomic mass is 9.97. The van der Waals surface area contributed by atoms with E-state index in [1.807, 2.05) is 13.0 Å². The molecular weight excluding hydrogens is 348 g/mol. The van der Waals surface area contributed by atoms with Crippen molar-refractivity contribution in [1.29, 1.82) is 0 Å². The number of nitrogens with zero attached hydrogens (tertiary/aromatic N) is 4. The zero-order valence-electron chi connectivity index (χ0n) is 14.5. The van der Waals surface area contributed by atoms with Gasteiger partial charge in [-0.3, -0.25) is 4.57 Å². The van der Waals surface area contributed by atoms with Gasteiger partial charge in [0, 0.05) is 11.4 Å². The van der Waals surface area contributed by atoms with E-state index in [1.54, 1.807) is 28.2 Å². The van der Waals surface area contributed by atoms with Crippen LogP contribution >= 0.6 is 11.3 Å². The average Bonchev–Trinajstić information content (AvgIpc) is 3.34. The highest BCUT2D eigenvalue weighted by Crippen LogP contribution is 2.38. The van der Waals surface area contributed by atoms with Gasteiger partial charge in [-0.25, -0.2) is 9.78 Å². The molecule has 4 aromatic heterocycles. The van der Waals surface area contributed by atoms with Crippen molar-refractivity contribution >= 4 is 27.2 Å². The van der Waals surface area contributed by atoms with Crippen LogP contribution in [-0.2, 0) is 19.4 Å². The minimum atomic E-state index is -0.181. The van der Waals surface area contributed by atoms with E-state index in [9.17, 15) is 4.79 Å². The van der Waals surface area contributed by atoms with Crippen LogP contribution in [-0.4, -0.2) is 19.2 Å². The van der Waals surface area contributed by atoms with Gasteiger partial charge in [-0.15, -0.1) is 16.4 Å². The van der Waals surface area contributed by atoms with Crippen molar-refractivity contribution < 1.29 is 4.42 Å². The molecule has 1 aliphatic carbocycles. The summed E-state index contributed by atoms with van der Waals surface area (Å²) in [6.07, 6.45) is 6.05. The maximum atomic E-state index is 13.1. The zero-order chi connectivity index (χ0) is 17.8. The van der Waals surface area contributed by atoms with Crippen molar-refractivity contribution in [3.8, 4) is 11.6 Å². The summed E-state index contributed by atoms with van der Waals surface area (Å²) in [5.74, 6) is 1.01. The van der Waals surface area contributed by atoms with E-state index in [2.05, 4.69) is 16.7 Å². The molecule has 4 heterocycles. The molecule has 0 aliphatic heterocycles. The van der Waals surface area contributed by atoms with Crippen molar-refractivity contribution in [3.05, 3.63) is 51.5 Å². The number of aryl methyl sites for hydroxylation is 2. The molecule has 0 bridgehead atoms. The second-order valence-corrected chi connectivity index (χ2v) is 7.95. The molecule has 0 spiro atoms. The van der Waals surface area contributed by atoms with Gasteiger partial charge in [-0.2, -0.15) is 4.52 Å². The third-order valence-electron chi connectivity index (χ3n) is 4.81. The smallest absolute Gasteiger partial charge is 0.352 e. The molecule has 0 saturated carbocycles. The van der Waals surface area contributed by atoms with Gasteiger partial charge in [0.2, 0.25) is 5.82 Å². The first kappa shape index (κ1) is 15.6. The zero-order valence-corrected chi connectivity index (χ0v) is 15.3. The molecule has 0 aromatic carbocycles. The molecule has 0 atom stereocenters. The summed E-state index contributed by atoms with van der Waals surface area (Å²) < 4.78 is 8.64. The summed E-state index contributed by atoms with van der Waals surface area (Å²) >= 11 is 1.72. The van der Waals surface area contributed by atoms with E-state index in [4.69, 9.17) is 4.42 Å². The van der Waals surface area contributed by atoms with Crippen LogP contribution in [0.5, 0.6) is 0 Å². The summed E-state index contributed by atoms with van der Waals surface area (Å²) in [7, 11) is 0. The Morgan fingerprint density at radius 3 is 3.00 bits per heavy atom. The molecule has 1 aliphatic rings. The Morgan fingerprint density at radius 2 is 2.23 bits per heavy atom. The van der Waals surface area contributed by atoms with Crippen LogP contribution < -0.4 is 5.69 Å². The molecule has 0 radical (unpaired) electrons. The molecule has 132 valence electrons. The molecule has 7 heteroatoms. The van der Waals surface area contributed by atoms with Gasteiger partial charge in [-0.1, -0.05) is 12.2 Å². The van der Waals surface area contributed by atoms with Crippen LogP contribution in [0.3, 0.4) is 0 Å². The first-order chi connectivity index (χ1) is 12.6. The summed E-state index contributed by atoms with van der Waals surface area (Å²) in [5.41, 5.74) is 2.72. The van der Waals surface area contributed by atoms with Crippen LogP contribution in [0.25, 0.3) is 27.4 Å². The third-order valence-corrected chi connectivity index (χ3v) is 6.13. The predicted octanol–water partition coefficient (Wildman–Crippen LogP) is 3.82. The quantitative estimate of drug-likeness (QED) is 0.517. The number of aromatic nitrogens is 4. The van der Waals surface area contributed by atoms with Crippen LogP contribution in [0, 0.1) is 0 Å². The highest BCUT2D eigenvalue weighted by atomic mass is 32.1. The lowest BCUT2D eigenvalue weighted by Gasteiger charge is -2.11. The molecule has 6 nitrogen and oxygen atoms in total. The van der Waals surface area contributed by atoms with Gasteiger partial charge < -0.3 is 4.42 Å². The molecule has 5 rings (SSSR count). The average molecular weight is 366 g/mol. The number of fused-ring (bicyclic) bond motifs is 5. The standard InChI is InChI=1S/C19H18N4O2S/c1-11(2)10-22-18-15(12-6-3-4-8-14(12)26-18)17-20-16(13-7-5-9-25-13)21-23(17)19(22)24/h5,7,9H,1,3-4,6,8,10H2,2H3. The largest absolute Gasteiger partial charge is 0.461 e. The molecule has 26 heavy (non-hydrogen) atoms. The van der Waals surface area contributed by atoms with Crippen LogP contribution in [0.2, 0.25) is 0 Å². The van der Waals surface area contributed by atoms with Crippen molar-refractivity contribution in [2.45, 2.75) is 39.2 Å². The van der Waals surface area contributed by atoms with Crippen molar-refractivity contribution in [3.63, 3.8) is 0 Å². The number of allylic oxidation sites excluding steroid dienone is 1. The van der Waals surface area contributed by atoms with E-state index >= 15 is 0 Å². The highest BCUT2D eigenvalue weighted by molar-refractivity contribution is 7.19. The van der Waals surface area contributed by atoms with E-state index in [0.29, 0.717) is 23.8 Å². The van der Waals surface area contributed by atoms with Gasteiger partial charge >= 0.3 is 5.69 Å². The second-order valence-electron chi connectivity index (χ2n) is 6.86. The number of thiophene rings is 1. The molecule has 0 N–H and O–H groups in total. The Bertz CT molecular complexity index is 1210. The maximum absolute atomic E-state index is 13.1. The Labute approximate surface area is 153 Å². The minimum Gasteiger partial charge on any atom is -0.461 e. The summed E-state index contributed by atoms with van der Waals surface area (Å²) in [5, 5.41) is 5.52. The van der Waals surface area contributed by atoms with E-state index in [0.717, 1.165) is 28.6 Å². The SMILES string of the molecule is C=C(C)Cn1c(=O)n2nc(-c3ccco3)nc2c2c3c(sc21)CCCC3. The first-order valence-corrected chi connectivity index (χ1v) is 9.57. The number of hydrogen-bond donors (Lipinski definition) is 0. The molecule has 0 fully saturated rings. The van der Waals surface area contributed by atoms with Gasteiger partial charge in [0.15, 0.2) is 11.4 Å². The first-order valence-electron chi connectivity index (χ1n) is 8.75. The fourth-order valence-corrected chi connectivity index (χ4v) is 5.08. The third kappa shape index (κ3) is 2.20. The molecule has 0 unspecified atom stereocenters. The Morgan fingerprint density at radius 1 is 1.38 bits per heavy atom. The predicted molar refractivity (Wildman–Crippen MR) is 102 cm³/mol. The lowest BCUT2D eigenvalue weighted by molar-refractivity contribution is 0.576. The van der Waals surface area contributed by atoms with E-state index in [1.165, 1.54) is 27.8 Å². The monoisotopic (exact) mass is 366 g/mol. The molecule has 0 amide bonds.